The molecule has 0 aromatic carbocycles. The smallest absolute Gasteiger partial charge is 0.379 e. The second kappa shape index (κ2) is 34.9. The van der Waals surface area contributed by atoms with Crippen LogP contribution in [-0.4, -0.2) is 12.8 Å². The van der Waals surface area contributed by atoms with Crippen molar-refractivity contribution in [2.45, 2.75) is 245 Å². The molecule has 284 valence electrons. The van der Waals surface area contributed by atoms with Crippen LogP contribution in [0.4, 0.5) is 0 Å². The van der Waals surface area contributed by atoms with E-state index in [1.807, 2.05) is 0 Å². The monoisotopic (exact) mass is 693 g/mol. The van der Waals surface area contributed by atoms with E-state index in [2.05, 4.69) is 26.5 Å². The van der Waals surface area contributed by atoms with Gasteiger partial charge in [-0.25, -0.2) is 4.57 Å². The van der Waals surface area contributed by atoms with Crippen LogP contribution in [0.3, 0.4) is 0 Å². The fourth-order valence-corrected chi connectivity index (χ4v) is 8.91. The largest absolute Gasteiger partial charge is 0.425 e. The van der Waals surface area contributed by atoms with Crippen LogP contribution in [0.2, 0.25) is 0 Å². The number of hydrogen-bond acceptors (Lipinski definition) is 3. The zero-order chi connectivity index (χ0) is 34.6. The minimum atomic E-state index is -3.16. The van der Waals surface area contributed by atoms with Crippen molar-refractivity contribution in [3.05, 3.63) is 24.0 Å². The molecule has 1 unspecified atom stereocenters. The topological polar surface area (TPSA) is 35.5 Å². The number of rotatable bonds is 38. The zero-order valence-corrected chi connectivity index (χ0v) is 33.7. The lowest BCUT2D eigenvalue weighted by atomic mass is 9.99. The van der Waals surface area contributed by atoms with Gasteiger partial charge in [-0.3, -0.25) is 4.52 Å². The molecule has 1 rings (SSSR count). The van der Waals surface area contributed by atoms with Gasteiger partial charge in [0.05, 0.1) is 12.8 Å². The van der Waals surface area contributed by atoms with Crippen LogP contribution in [0.5, 0.6) is 0 Å². The lowest BCUT2D eigenvalue weighted by Crippen LogP contribution is -2.05. The maximum atomic E-state index is 13.8. The van der Waals surface area contributed by atoms with E-state index in [1.54, 1.807) is 0 Å². The predicted molar refractivity (Wildman–Crippen MR) is 214 cm³/mol. The molecular weight excluding hydrogens is 607 g/mol. The first-order chi connectivity index (χ1) is 23.6. The van der Waals surface area contributed by atoms with E-state index in [0.717, 1.165) is 50.5 Å². The Morgan fingerprint density at radius 2 is 0.896 bits per heavy atom. The van der Waals surface area contributed by atoms with Crippen molar-refractivity contribution in [1.29, 1.82) is 0 Å². The summed E-state index contributed by atoms with van der Waals surface area (Å²) < 4.78 is 26.0. The molecule has 48 heavy (non-hydrogen) atoms. The molecule has 1 atom stereocenters. The maximum absolute atomic E-state index is 13.8. The van der Waals surface area contributed by atoms with Gasteiger partial charge in [0.2, 0.25) is 0 Å². The van der Waals surface area contributed by atoms with Crippen LogP contribution in [-0.2, 0) is 13.6 Å². The molecular formula is C44H85O3P. The number of unbranched alkanes of at least 4 members (excludes halogenated alkanes) is 30. The highest BCUT2D eigenvalue weighted by atomic mass is 31.2. The standard InChI is InChI=1S/C44H85O3P/c1-4-6-8-10-12-14-16-18-20-22-24-26-28-30-32-37-41-46-48(45,47-43(3)44-39-35-34-36-40-44)42-38-33-31-29-27-25-23-21-19-17-15-13-11-9-7-5-2/h39H,3-38,40-42H2,1-2H3. The molecule has 0 saturated carbocycles. The van der Waals surface area contributed by atoms with E-state index in [0.29, 0.717) is 18.5 Å². The molecule has 4 heteroatoms. The van der Waals surface area contributed by atoms with Crippen molar-refractivity contribution in [2.24, 2.45) is 0 Å². The van der Waals surface area contributed by atoms with Crippen molar-refractivity contribution in [2.75, 3.05) is 12.8 Å². The fraction of sp³-hybridized carbons (Fsp3) is 0.909. The van der Waals surface area contributed by atoms with E-state index in [4.69, 9.17) is 9.05 Å². The van der Waals surface area contributed by atoms with Gasteiger partial charge in [-0.05, 0) is 44.1 Å². The summed E-state index contributed by atoms with van der Waals surface area (Å²) in [6.45, 7) is 9.30. The number of hydrogen-bond donors (Lipinski definition) is 0. The average Bonchev–Trinajstić information content (AvgIpc) is 3.10. The first-order valence-electron chi connectivity index (χ1n) is 21.9. The molecule has 1 aliphatic rings. The van der Waals surface area contributed by atoms with E-state index < -0.39 is 7.60 Å². The Bertz CT molecular complexity index is 775. The molecule has 0 fully saturated rings. The van der Waals surface area contributed by atoms with Crippen molar-refractivity contribution in [3.63, 3.8) is 0 Å². The van der Waals surface area contributed by atoms with Gasteiger partial charge in [-0.1, -0.05) is 219 Å². The lowest BCUT2D eigenvalue weighted by molar-refractivity contribution is 0.234. The van der Waals surface area contributed by atoms with Crippen LogP contribution in [0.1, 0.15) is 245 Å². The quantitative estimate of drug-likeness (QED) is 0.0367. The van der Waals surface area contributed by atoms with Crippen molar-refractivity contribution >= 4 is 7.60 Å². The van der Waals surface area contributed by atoms with Crippen molar-refractivity contribution < 1.29 is 13.6 Å². The second-order valence-corrected chi connectivity index (χ2v) is 17.4. The molecule has 0 aliphatic heterocycles. The molecule has 0 heterocycles. The summed E-state index contributed by atoms with van der Waals surface area (Å²) in [6.07, 6.45) is 50.2. The summed E-state index contributed by atoms with van der Waals surface area (Å²) >= 11 is 0. The summed E-state index contributed by atoms with van der Waals surface area (Å²) in [5.74, 6) is 0.599. The van der Waals surface area contributed by atoms with Gasteiger partial charge >= 0.3 is 7.60 Å². The zero-order valence-electron chi connectivity index (χ0n) is 32.8. The Morgan fingerprint density at radius 3 is 1.25 bits per heavy atom. The van der Waals surface area contributed by atoms with E-state index in [-0.39, 0.29) is 0 Å². The van der Waals surface area contributed by atoms with Gasteiger partial charge in [0.15, 0.2) is 0 Å². The third kappa shape index (κ3) is 29.2. The summed E-state index contributed by atoms with van der Waals surface area (Å²) in [7, 11) is -3.16. The molecule has 0 aromatic rings. The first kappa shape index (κ1) is 45.5. The molecule has 3 nitrogen and oxygen atoms in total. The first-order valence-corrected chi connectivity index (χ1v) is 23.7. The highest BCUT2D eigenvalue weighted by molar-refractivity contribution is 7.53. The van der Waals surface area contributed by atoms with Gasteiger partial charge in [-0.15, -0.1) is 0 Å². The minimum Gasteiger partial charge on any atom is -0.425 e. The molecule has 0 saturated heterocycles. The van der Waals surface area contributed by atoms with Gasteiger partial charge in [0, 0.05) is 0 Å². The highest BCUT2D eigenvalue weighted by Gasteiger charge is 2.27. The SMILES string of the molecule is C=C(OP(=O)(CCCCCCCCCCCCCCCCCC)OCCCCCCCCCCCCCCCCCC)C1=CCCCC1. The third-order valence-electron chi connectivity index (χ3n) is 10.5. The van der Waals surface area contributed by atoms with Gasteiger partial charge in [0.25, 0.3) is 0 Å². The fourth-order valence-electron chi connectivity index (χ4n) is 7.16. The van der Waals surface area contributed by atoms with Gasteiger partial charge < -0.3 is 4.52 Å². The molecule has 0 radical (unpaired) electrons. The van der Waals surface area contributed by atoms with Crippen molar-refractivity contribution in [3.8, 4) is 0 Å². The van der Waals surface area contributed by atoms with Crippen LogP contribution >= 0.6 is 7.60 Å². The van der Waals surface area contributed by atoms with Gasteiger partial charge in [-0.2, -0.15) is 0 Å². The Kier molecular flexibility index (Phi) is 33.1. The van der Waals surface area contributed by atoms with E-state index >= 15 is 0 Å². The molecule has 1 aliphatic carbocycles. The van der Waals surface area contributed by atoms with E-state index in [9.17, 15) is 4.57 Å². The Morgan fingerprint density at radius 1 is 0.542 bits per heavy atom. The van der Waals surface area contributed by atoms with E-state index in [1.165, 1.54) is 186 Å². The summed E-state index contributed by atoms with van der Waals surface area (Å²) in [6, 6.07) is 0. The van der Waals surface area contributed by atoms with Crippen LogP contribution < -0.4 is 0 Å². The molecule has 0 amide bonds. The average molecular weight is 693 g/mol. The predicted octanol–water partition coefficient (Wildman–Crippen LogP) is 16.7. The third-order valence-corrected chi connectivity index (χ3v) is 12.4. The van der Waals surface area contributed by atoms with Crippen LogP contribution in [0.15, 0.2) is 24.0 Å². The normalized spacial score (nSPS) is 14.6. The molecule has 0 bridgehead atoms. The molecule has 0 N–H and O–H groups in total. The minimum absolute atomic E-state index is 0.524. The summed E-state index contributed by atoms with van der Waals surface area (Å²) in [4.78, 5) is 0. The highest BCUT2D eigenvalue weighted by Crippen LogP contribution is 2.52. The van der Waals surface area contributed by atoms with Crippen LogP contribution in [0.25, 0.3) is 0 Å². The second-order valence-electron chi connectivity index (χ2n) is 15.3. The van der Waals surface area contributed by atoms with Gasteiger partial charge in [0.1, 0.15) is 5.76 Å². The lowest BCUT2D eigenvalue weighted by Gasteiger charge is -2.23. The number of allylic oxidation sites excluding steroid dienone is 2. The molecule has 0 spiro atoms. The van der Waals surface area contributed by atoms with Crippen molar-refractivity contribution in [1.82, 2.24) is 0 Å². The summed E-state index contributed by atoms with van der Waals surface area (Å²) in [5.41, 5.74) is 1.14. The Hall–Kier alpha value is -0.530. The Labute approximate surface area is 302 Å². The summed E-state index contributed by atoms with van der Waals surface area (Å²) in [5, 5.41) is 0. The van der Waals surface area contributed by atoms with Crippen LogP contribution in [0, 0.1) is 0 Å². The Balaban J connectivity index is 2.12. The maximum Gasteiger partial charge on any atom is 0.379 e. The molecule has 0 aromatic heterocycles.